The van der Waals surface area contributed by atoms with Crippen LogP contribution in [0.4, 0.5) is 5.69 Å². The summed E-state index contributed by atoms with van der Waals surface area (Å²) in [5, 5.41) is 16.4. The van der Waals surface area contributed by atoms with Crippen LogP contribution in [0.5, 0.6) is 5.75 Å². The molecular formula is C24H32N2O3S. The third-order valence-corrected chi connectivity index (χ3v) is 7.37. The Morgan fingerprint density at radius 2 is 1.97 bits per heavy atom. The van der Waals surface area contributed by atoms with Crippen molar-refractivity contribution in [1.29, 1.82) is 0 Å². The summed E-state index contributed by atoms with van der Waals surface area (Å²) in [7, 11) is -1.06. The standard InChI is InChI=1S/C24H32N2O3S/c27-21-11-9-19(24-23(21)26-17-30(24)28)13-15-25-14-5-1-2-6-16-29-22-12-10-18-7-3-4-8-20(18)22/h3-4,7-9,11,22,25-27H,1-2,5-6,10,12-17H2. The van der Waals surface area contributed by atoms with E-state index in [9.17, 15) is 9.32 Å². The van der Waals surface area contributed by atoms with E-state index in [2.05, 4.69) is 34.9 Å². The molecule has 6 heteroatoms. The van der Waals surface area contributed by atoms with E-state index in [1.54, 1.807) is 6.07 Å². The van der Waals surface area contributed by atoms with E-state index < -0.39 is 10.8 Å². The van der Waals surface area contributed by atoms with Crippen LogP contribution in [-0.4, -0.2) is 34.9 Å². The summed E-state index contributed by atoms with van der Waals surface area (Å²) in [5.74, 6) is 0.582. The van der Waals surface area contributed by atoms with Gasteiger partial charge in [0.05, 0.1) is 33.4 Å². The average molecular weight is 429 g/mol. The monoisotopic (exact) mass is 428 g/mol. The maximum atomic E-state index is 12.2. The Labute approximate surface area is 181 Å². The SMILES string of the molecule is O=S1CNc2c(O)ccc(CCNCCCCCCOC3CCc4ccccc43)c21. The van der Waals surface area contributed by atoms with Gasteiger partial charge in [0.25, 0.3) is 0 Å². The molecule has 0 aromatic heterocycles. The van der Waals surface area contributed by atoms with Crippen molar-refractivity contribution in [2.75, 3.05) is 30.9 Å². The topological polar surface area (TPSA) is 70.6 Å². The minimum atomic E-state index is -1.06. The molecule has 0 bridgehead atoms. The highest BCUT2D eigenvalue weighted by molar-refractivity contribution is 7.85. The van der Waals surface area contributed by atoms with Crippen LogP contribution in [0.25, 0.3) is 0 Å². The van der Waals surface area contributed by atoms with Crippen LogP contribution in [0.15, 0.2) is 41.3 Å². The van der Waals surface area contributed by atoms with Crippen molar-refractivity contribution in [2.24, 2.45) is 0 Å². The Hall–Kier alpha value is -1.89. The van der Waals surface area contributed by atoms with E-state index in [1.807, 2.05) is 6.07 Å². The van der Waals surface area contributed by atoms with Gasteiger partial charge in [-0.15, -0.1) is 0 Å². The Morgan fingerprint density at radius 1 is 1.10 bits per heavy atom. The Balaban J connectivity index is 1.05. The lowest BCUT2D eigenvalue weighted by Gasteiger charge is -2.13. The van der Waals surface area contributed by atoms with Crippen LogP contribution in [0.1, 0.15) is 54.9 Å². The highest BCUT2D eigenvalue weighted by Gasteiger charge is 2.24. The van der Waals surface area contributed by atoms with Gasteiger partial charge in [0.1, 0.15) is 5.75 Å². The molecule has 0 amide bonds. The molecule has 5 nitrogen and oxygen atoms in total. The average Bonchev–Trinajstić information content (AvgIpc) is 3.35. The van der Waals surface area contributed by atoms with Crippen LogP contribution in [0.3, 0.4) is 0 Å². The highest BCUT2D eigenvalue weighted by atomic mass is 32.2. The summed E-state index contributed by atoms with van der Waals surface area (Å²) in [6.07, 6.45) is 8.08. The molecule has 0 fully saturated rings. The quantitative estimate of drug-likeness (QED) is 0.368. The van der Waals surface area contributed by atoms with Crippen molar-refractivity contribution in [3.63, 3.8) is 0 Å². The smallest absolute Gasteiger partial charge is 0.139 e. The number of aromatic hydroxyl groups is 1. The molecule has 1 aliphatic carbocycles. The molecule has 0 saturated carbocycles. The molecule has 4 rings (SSSR count). The number of phenols is 1. The van der Waals surface area contributed by atoms with Gasteiger partial charge in [-0.2, -0.15) is 0 Å². The molecule has 2 aromatic carbocycles. The number of fused-ring (bicyclic) bond motifs is 2. The Morgan fingerprint density at radius 3 is 2.90 bits per heavy atom. The van der Waals surface area contributed by atoms with Crippen LogP contribution in [0, 0.1) is 0 Å². The first-order valence-corrected chi connectivity index (χ1v) is 12.4. The van der Waals surface area contributed by atoms with Gasteiger partial charge in [-0.1, -0.05) is 43.2 Å². The van der Waals surface area contributed by atoms with E-state index in [0.29, 0.717) is 17.7 Å². The van der Waals surface area contributed by atoms with Gasteiger partial charge in [0.15, 0.2) is 0 Å². The van der Waals surface area contributed by atoms with Crippen LogP contribution in [-0.2, 0) is 28.4 Å². The number of anilines is 1. The fourth-order valence-electron chi connectivity index (χ4n) is 4.42. The second kappa shape index (κ2) is 10.4. The fourth-order valence-corrected chi connectivity index (χ4v) is 5.71. The molecule has 30 heavy (non-hydrogen) atoms. The molecule has 162 valence electrons. The second-order valence-corrected chi connectivity index (χ2v) is 9.51. The van der Waals surface area contributed by atoms with Gasteiger partial charge >= 0.3 is 0 Å². The molecule has 1 aliphatic heterocycles. The van der Waals surface area contributed by atoms with Gasteiger partial charge in [0.2, 0.25) is 0 Å². The predicted octanol–water partition coefficient (Wildman–Crippen LogP) is 4.28. The first-order chi connectivity index (χ1) is 14.7. The van der Waals surface area contributed by atoms with E-state index in [4.69, 9.17) is 4.74 Å². The number of ether oxygens (including phenoxy) is 1. The van der Waals surface area contributed by atoms with Gasteiger partial charge in [0, 0.05) is 6.61 Å². The Bertz CT molecular complexity index is 887. The van der Waals surface area contributed by atoms with Crippen molar-refractivity contribution in [3.8, 4) is 5.75 Å². The molecule has 0 spiro atoms. The first-order valence-electron chi connectivity index (χ1n) is 11.1. The van der Waals surface area contributed by atoms with Crippen molar-refractivity contribution in [1.82, 2.24) is 5.32 Å². The number of benzene rings is 2. The minimum Gasteiger partial charge on any atom is -0.506 e. The van der Waals surface area contributed by atoms with Crippen LogP contribution >= 0.6 is 0 Å². The first kappa shape index (κ1) is 21.3. The van der Waals surface area contributed by atoms with Crippen LogP contribution in [0.2, 0.25) is 0 Å². The van der Waals surface area contributed by atoms with Crippen molar-refractivity contribution >= 4 is 16.5 Å². The summed E-state index contributed by atoms with van der Waals surface area (Å²) < 4.78 is 18.3. The maximum Gasteiger partial charge on any atom is 0.139 e. The molecular weight excluding hydrogens is 396 g/mol. The fraction of sp³-hybridized carbons (Fsp3) is 0.500. The Kier molecular flexibility index (Phi) is 7.42. The van der Waals surface area contributed by atoms with Crippen molar-refractivity contribution < 1.29 is 14.1 Å². The zero-order chi connectivity index (χ0) is 20.8. The number of hydrogen-bond donors (Lipinski definition) is 3. The predicted molar refractivity (Wildman–Crippen MR) is 122 cm³/mol. The summed E-state index contributed by atoms with van der Waals surface area (Å²) in [6.45, 7) is 2.71. The second-order valence-electron chi connectivity index (χ2n) is 8.13. The van der Waals surface area contributed by atoms with Crippen molar-refractivity contribution in [2.45, 2.75) is 55.9 Å². The van der Waals surface area contributed by atoms with Gasteiger partial charge < -0.3 is 20.5 Å². The molecule has 2 unspecified atom stereocenters. The maximum absolute atomic E-state index is 12.2. The van der Waals surface area contributed by atoms with Gasteiger partial charge in [-0.25, -0.2) is 0 Å². The lowest BCUT2D eigenvalue weighted by atomic mass is 10.1. The van der Waals surface area contributed by atoms with E-state index >= 15 is 0 Å². The molecule has 2 atom stereocenters. The third kappa shape index (κ3) is 5.05. The number of phenolic OH excluding ortho intramolecular Hbond substituents is 1. The van der Waals surface area contributed by atoms with Crippen LogP contribution < -0.4 is 10.6 Å². The zero-order valence-electron chi connectivity index (χ0n) is 17.5. The number of hydrogen-bond acceptors (Lipinski definition) is 5. The van der Waals surface area contributed by atoms with Crippen molar-refractivity contribution in [3.05, 3.63) is 53.1 Å². The number of unbranched alkanes of at least 4 members (excludes halogenated alkanes) is 3. The molecule has 0 saturated heterocycles. The molecule has 2 aromatic rings. The van der Waals surface area contributed by atoms with Gasteiger partial charge in [-0.3, -0.25) is 4.21 Å². The third-order valence-electron chi connectivity index (χ3n) is 6.04. The molecule has 1 heterocycles. The number of nitrogens with one attached hydrogen (secondary N) is 2. The summed E-state index contributed by atoms with van der Waals surface area (Å²) in [5.41, 5.74) is 4.55. The van der Waals surface area contributed by atoms with Gasteiger partial charge in [-0.05, 0) is 68.0 Å². The van der Waals surface area contributed by atoms with E-state index in [1.165, 1.54) is 24.0 Å². The summed E-state index contributed by atoms with van der Waals surface area (Å²) in [4.78, 5) is 0.779. The number of rotatable bonds is 11. The lowest BCUT2D eigenvalue weighted by molar-refractivity contribution is 0.0512. The summed E-state index contributed by atoms with van der Waals surface area (Å²) in [6, 6.07) is 12.2. The normalized spacial score (nSPS) is 19.5. The van der Waals surface area contributed by atoms with E-state index in [-0.39, 0.29) is 5.75 Å². The number of aryl methyl sites for hydroxylation is 1. The molecule has 0 radical (unpaired) electrons. The molecule has 2 aliphatic rings. The largest absolute Gasteiger partial charge is 0.506 e. The molecule has 3 N–H and O–H groups in total. The zero-order valence-corrected chi connectivity index (χ0v) is 18.3. The lowest BCUT2D eigenvalue weighted by Crippen LogP contribution is -2.19. The minimum absolute atomic E-state index is 0.189. The van der Waals surface area contributed by atoms with E-state index in [0.717, 1.165) is 62.3 Å². The highest BCUT2D eigenvalue weighted by Crippen LogP contribution is 2.37. The summed E-state index contributed by atoms with van der Waals surface area (Å²) >= 11 is 0.